The van der Waals surface area contributed by atoms with Gasteiger partial charge in [0.1, 0.15) is 0 Å². The molecule has 0 bridgehead atoms. The summed E-state index contributed by atoms with van der Waals surface area (Å²) in [7, 11) is 0. The van der Waals surface area contributed by atoms with E-state index in [9.17, 15) is 0 Å². The summed E-state index contributed by atoms with van der Waals surface area (Å²) >= 11 is 0. The van der Waals surface area contributed by atoms with Crippen LogP contribution in [0.3, 0.4) is 0 Å². The highest BCUT2D eigenvalue weighted by Gasteiger charge is 2.18. The van der Waals surface area contributed by atoms with Gasteiger partial charge in [0.05, 0.1) is 22.6 Å². The van der Waals surface area contributed by atoms with Crippen LogP contribution in [0.2, 0.25) is 0 Å². The van der Waals surface area contributed by atoms with Gasteiger partial charge in [-0.2, -0.15) is 0 Å². The highest BCUT2D eigenvalue weighted by Crippen LogP contribution is 2.43. The Balaban J connectivity index is 0.946. The third-order valence-corrected chi connectivity index (χ3v) is 12.5. The van der Waals surface area contributed by atoms with E-state index in [1.807, 2.05) is 12.1 Å². The lowest BCUT2D eigenvalue weighted by Gasteiger charge is -2.16. The first-order chi connectivity index (χ1) is 31.7. The van der Waals surface area contributed by atoms with Crippen LogP contribution in [0.1, 0.15) is 0 Å². The molecule has 10 aromatic carbocycles. The number of pyridine rings is 1. The van der Waals surface area contributed by atoms with E-state index in [0.717, 1.165) is 61.4 Å². The van der Waals surface area contributed by atoms with Crippen molar-refractivity contribution in [2.75, 3.05) is 0 Å². The lowest BCUT2D eigenvalue weighted by molar-refractivity contribution is 1.18. The lowest BCUT2D eigenvalue weighted by atomic mass is 9.89. The third-order valence-electron chi connectivity index (χ3n) is 12.5. The summed E-state index contributed by atoms with van der Waals surface area (Å²) in [6, 6.07) is 83.9. The molecular formula is C61H39N3. The molecular weight excluding hydrogens is 775 g/mol. The molecule has 0 atom stereocenters. The molecule has 0 radical (unpaired) electrons. The van der Waals surface area contributed by atoms with E-state index in [-0.39, 0.29) is 0 Å². The molecule has 0 aliphatic carbocycles. The number of hydrogen-bond acceptors (Lipinski definition) is 3. The molecule has 298 valence electrons. The topological polar surface area (TPSA) is 38.7 Å². The van der Waals surface area contributed by atoms with E-state index in [4.69, 9.17) is 15.0 Å². The minimum atomic E-state index is 0.679. The first-order valence-corrected chi connectivity index (χ1v) is 21.8. The molecule has 12 rings (SSSR count). The SMILES string of the molecule is c1ccc(-c2ccc(-c3cc(-c4ccc(-c5ccccc5)cc4)nc(-c4ccc(-c5cccc(-c6nc7ccccc7c7c8ccccc8c8ccccc8c67)c5)cc4)n3)cc2)cc1. The molecule has 2 aromatic heterocycles. The Morgan fingerprint density at radius 3 is 1.17 bits per heavy atom. The summed E-state index contributed by atoms with van der Waals surface area (Å²) in [4.78, 5) is 15.8. The summed E-state index contributed by atoms with van der Waals surface area (Å²) in [6.45, 7) is 0. The van der Waals surface area contributed by atoms with Crippen molar-refractivity contribution in [1.82, 2.24) is 15.0 Å². The van der Waals surface area contributed by atoms with E-state index >= 15 is 0 Å². The van der Waals surface area contributed by atoms with E-state index in [2.05, 4.69) is 224 Å². The average molecular weight is 814 g/mol. The Morgan fingerprint density at radius 1 is 0.219 bits per heavy atom. The van der Waals surface area contributed by atoms with Crippen LogP contribution in [-0.2, 0) is 0 Å². The van der Waals surface area contributed by atoms with Crippen LogP contribution in [0, 0.1) is 0 Å². The zero-order chi connectivity index (χ0) is 42.4. The molecule has 0 aliphatic rings. The number of aromatic nitrogens is 3. The van der Waals surface area contributed by atoms with E-state index in [0.29, 0.717) is 5.82 Å². The predicted octanol–water partition coefficient (Wildman–Crippen LogP) is 16.2. The maximum absolute atomic E-state index is 5.41. The molecule has 0 amide bonds. The van der Waals surface area contributed by atoms with Crippen LogP contribution in [0.5, 0.6) is 0 Å². The van der Waals surface area contributed by atoms with Crippen LogP contribution in [0.4, 0.5) is 0 Å². The minimum absolute atomic E-state index is 0.679. The van der Waals surface area contributed by atoms with Crippen molar-refractivity contribution in [2.24, 2.45) is 0 Å². The molecule has 0 fully saturated rings. The first kappa shape index (κ1) is 37.2. The van der Waals surface area contributed by atoms with Crippen LogP contribution in [0.25, 0.3) is 122 Å². The molecule has 2 heterocycles. The van der Waals surface area contributed by atoms with Crippen LogP contribution < -0.4 is 0 Å². The quantitative estimate of drug-likeness (QED) is 0.150. The number of nitrogens with zero attached hydrogens (tertiary/aromatic N) is 3. The summed E-state index contributed by atoms with van der Waals surface area (Å²) in [6.07, 6.45) is 0. The molecule has 0 unspecified atom stereocenters. The standard InChI is InChI=1S/C61H39N3/c1-3-14-40(15-4-1)42-26-32-45(33-27-42)56-39-57(46-34-28-43(29-35-46)41-16-5-2-6-17-41)64-61(63-56)47-36-30-44(31-37-47)48-18-13-19-49(38-48)60-59-53-23-10-8-21-51(53)50-20-7-9-22-52(50)58(59)54-24-11-12-25-55(54)62-60/h1-39H. The maximum atomic E-state index is 5.41. The molecule has 3 heteroatoms. The summed E-state index contributed by atoms with van der Waals surface area (Å²) in [5.41, 5.74) is 14.8. The monoisotopic (exact) mass is 813 g/mol. The molecule has 0 saturated carbocycles. The van der Waals surface area contributed by atoms with Crippen molar-refractivity contribution in [2.45, 2.75) is 0 Å². The Labute approximate surface area is 371 Å². The molecule has 0 spiro atoms. The summed E-state index contributed by atoms with van der Waals surface area (Å²) in [5, 5.41) is 8.52. The van der Waals surface area contributed by atoms with Crippen LogP contribution in [0.15, 0.2) is 237 Å². The van der Waals surface area contributed by atoms with Crippen LogP contribution in [-0.4, -0.2) is 15.0 Å². The second-order valence-corrected chi connectivity index (χ2v) is 16.3. The van der Waals surface area contributed by atoms with Crippen molar-refractivity contribution < 1.29 is 0 Å². The second kappa shape index (κ2) is 15.7. The van der Waals surface area contributed by atoms with Gasteiger partial charge in [0, 0.05) is 38.4 Å². The van der Waals surface area contributed by atoms with Crippen molar-refractivity contribution in [3.8, 4) is 78.5 Å². The molecule has 3 nitrogen and oxygen atoms in total. The van der Waals surface area contributed by atoms with Gasteiger partial charge in [0.2, 0.25) is 0 Å². The van der Waals surface area contributed by atoms with Gasteiger partial charge in [-0.3, -0.25) is 0 Å². The van der Waals surface area contributed by atoms with E-state index in [1.165, 1.54) is 54.6 Å². The largest absolute Gasteiger partial charge is 0.247 e. The Kier molecular flexibility index (Phi) is 9.16. The van der Waals surface area contributed by atoms with Gasteiger partial charge in [-0.25, -0.2) is 15.0 Å². The van der Waals surface area contributed by atoms with Gasteiger partial charge in [-0.1, -0.05) is 218 Å². The smallest absolute Gasteiger partial charge is 0.160 e. The number of benzene rings is 10. The first-order valence-electron chi connectivity index (χ1n) is 21.8. The summed E-state index contributed by atoms with van der Waals surface area (Å²) < 4.78 is 0. The zero-order valence-corrected chi connectivity index (χ0v) is 34.9. The second-order valence-electron chi connectivity index (χ2n) is 16.3. The van der Waals surface area contributed by atoms with Gasteiger partial charge in [0.15, 0.2) is 5.82 Å². The Morgan fingerprint density at radius 2 is 0.609 bits per heavy atom. The lowest BCUT2D eigenvalue weighted by Crippen LogP contribution is -1.96. The molecule has 0 N–H and O–H groups in total. The highest BCUT2D eigenvalue weighted by atomic mass is 14.9. The molecule has 0 saturated heterocycles. The summed E-state index contributed by atoms with van der Waals surface area (Å²) in [5.74, 6) is 0.679. The highest BCUT2D eigenvalue weighted by molar-refractivity contribution is 6.33. The van der Waals surface area contributed by atoms with E-state index in [1.54, 1.807) is 0 Å². The molecule has 0 aliphatic heterocycles. The third kappa shape index (κ3) is 6.68. The number of fused-ring (bicyclic) bond motifs is 8. The maximum Gasteiger partial charge on any atom is 0.160 e. The van der Waals surface area contributed by atoms with Crippen molar-refractivity contribution >= 4 is 43.2 Å². The number of rotatable bonds is 7. The fourth-order valence-electron chi connectivity index (χ4n) is 9.29. The van der Waals surface area contributed by atoms with Gasteiger partial charge in [-0.15, -0.1) is 0 Å². The van der Waals surface area contributed by atoms with Crippen molar-refractivity contribution in [3.05, 3.63) is 237 Å². The van der Waals surface area contributed by atoms with Crippen molar-refractivity contribution in [1.29, 1.82) is 0 Å². The van der Waals surface area contributed by atoms with E-state index < -0.39 is 0 Å². The molecule has 12 aromatic rings. The van der Waals surface area contributed by atoms with Gasteiger partial charge in [-0.05, 0) is 73.1 Å². The predicted molar refractivity (Wildman–Crippen MR) is 268 cm³/mol. The Bertz CT molecular complexity index is 3570. The average Bonchev–Trinajstić information content (AvgIpc) is 3.39. The Hall–Kier alpha value is -8.53. The van der Waals surface area contributed by atoms with Gasteiger partial charge in [0.25, 0.3) is 0 Å². The minimum Gasteiger partial charge on any atom is -0.247 e. The fourth-order valence-corrected chi connectivity index (χ4v) is 9.29. The van der Waals surface area contributed by atoms with Crippen LogP contribution >= 0.6 is 0 Å². The van der Waals surface area contributed by atoms with Crippen molar-refractivity contribution in [3.63, 3.8) is 0 Å². The van der Waals surface area contributed by atoms with Gasteiger partial charge < -0.3 is 0 Å². The number of hydrogen-bond donors (Lipinski definition) is 0. The zero-order valence-electron chi connectivity index (χ0n) is 34.9. The number of para-hydroxylation sites is 1. The molecule has 64 heavy (non-hydrogen) atoms. The van der Waals surface area contributed by atoms with Gasteiger partial charge >= 0.3 is 0 Å². The fraction of sp³-hybridized carbons (Fsp3) is 0. The normalized spacial score (nSPS) is 11.4.